The maximum absolute atomic E-state index is 12.8. The van der Waals surface area contributed by atoms with Gasteiger partial charge < -0.3 is 4.90 Å². The molecule has 1 aliphatic heterocycles. The van der Waals surface area contributed by atoms with Gasteiger partial charge in [0.25, 0.3) is 11.6 Å². The standard InChI is InChI=1S/C19H19Cl2N3O3/c1-13-14(4-2-7-18(13)24(26)27)19(25)23-10-8-22(9-11-23)12-15-16(20)5-3-6-17(15)21/h2-7H,8-12H2,1H3. The SMILES string of the molecule is Cc1c(C(=O)N2CCN(Cc3c(Cl)cccc3Cl)CC2)cccc1[N+](=O)[O-]. The Bertz CT molecular complexity index is 860. The van der Waals surface area contributed by atoms with Crippen molar-refractivity contribution in [3.8, 4) is 0 Å². The monoisotopic (exact) mass is 407 g/mol. The van der Waals surface area contributed by atoms with Crippen LogP contribution in [0.5, 0.6) is 0 Å². The maximum Gasteiger partial charge on any atom is 0.273 e. The molecule has 0 bridgehead atoms. The molecule has 2 aromatic carbocycles. The van der Waals surface area contributed by atoms with Crippen LogP contribution < -0.4 is 0 Å². The zero-order valence-corrected chi connectivity index (χ0v) is 16.3. The van der Waals surface area contributed by atoms with E-state index in [2.05, 4.69) is 4.90 Å². The first kappa shape index (κ1) is 19.6. The van der Waals surface area contributed by atoms with Crippen LogP contribution in [-0.4, -0.2) is 46.8 Å². The molecule has 0 spiro atoms. The lowest BCUT2D eigenvalue weighted by Crippen LogP contribution is -2.48. The molecule has 8 heteroatoms. The molecule has 0 atom stereocenters. The van der Waals surface area contributed by atoms with Crippen LogP contribution in [0.2, 0.25) is 10.0 Å². The Morgan fingerprint density at radius 2 is 1.67 bits per heavy atom. The van der Waals surface area contributed by atoms with Crippen LogP contribution in [0.1, 0.15) is 21.5 Å². The third-order valence-electron chi connectivity index (χ3n) is 4.84. The molecule has 0 radical (unpaired) electrons. The summed E-state index contributed by atoms with van der Waals surface area (Å²) in [6.45, 7) is 4.69. The molecule has 27 heavy (non-hydrogen) atoms. The van der Waals surface area contributed by atoms with E-state index in [1.807, 2.05) is 18.2 Å². The van der Waals surface area contributed by atoms with Crippen LogP contribution in [0.3, 0.4) is 0 Å². The van der Waals surface area contributed by atoms with Gasteiger partial charge in [0.1, 0.15) is 0 Å². The highest BCUT2D eigenvalue weighted by Crippen LogP contribution is 2.27. The van der Waals surface area contributed by atoms with Crippen molar-refractivity contribution >= 4 is 34.8 Å². The summed E-state index contributed by atoms with van der Waals surface area (Å²) in [6.07, 6.45) is 0. The van der Waals surface area contributed by atoms with Crippen molar-refractivity contribution in [1.82, 2.24) is 9.80 Å². The summed E-state index contributed by atoms with van der Waals surface area (Å²) in [5.41, 5.74) is 1.63. The predicted octanol–water partition coefficient (Wildman–Crippen LogP) is 4.17. The van der Waals surface area contributed by atoms with Gasteiger partial charge in [-0.1, -0.05) is 35.3 Å². The van der Waals surface area contributed by atoms with Gasteiger partial charge in [-0.15, -0.1) is 0 Å². The van der Waals surface area contributed by atoms with Gasteiger partial charge in [-0.3, -0.25) is 19.8 Å². The van der Waals surface area contributed by atoms with Crippen molar-refractivity contribution in [3.63, 3.8) is 0 Å². The molecule has 1 amide bonds. The number of hydrogen-bond acceptors (Lipinski definition) is 4. The summed E-state index contributed by atoms with van der Waals surface area (Å²) in [7, 11) is 0. The van der Waals surface area contributed by atoms with E-state index in [0.29, 0.717) is 53.9 Å². The lowest BCUT2D eigenvalue weighted by molar-refractivity contribution is -0.385. The normalized spacial score (nSPS) is 15.0. The van der Waals surface area contributed by atoms with Gasteiger partial charge in [0.05, 0.1) is 4.92 Å². The molecule has 0 saturated carbocycles. The summed E-state index contributed by atoms with van der Waals surface area (Å²) in [5.74, 6) is -0.174. The Morgan fingerprint density at radius 1 is 1.07 bits per heavy atom. The molecule has 1 heterocycles. The topological polar surface area (TPSA) is 66.7 Å². The van der Waals surface area contributed by atoms with Gasteiger partial charge >= 0.3 is 0 Å². The van der Waals surface area contributed by atoms with Crippen LogP contribution in [-0.2, 0) is 6.54 Å². The van der Waals surface area contributed by atoms with Crippen molar-refractivity contribution in [2.24, 2.45) is 0 Å². The molecule has 0 aliphatic carbocycles. The minimum absolute atomic E-state index is 0.0344. The lowest BCUT2D eigenvalue weighted by atomic mass is 10.1. The van der Waals surface area contributed by atoms with E-state index >= 15 is 0 Å². The molecule has 0 unspecified atom stereocenters. The van der Waals surface area contributed by atoms with Gasteiger partial charge in [-0.05, 0) is 25.1 Å². The average Bonchev–Trinajstić information content (AvgIpc) is 2.65. The van der Waals surface area contributed by atoms with E-state index in [-0.39, 0.29) is 11.6 Å². The van der Waals surface area contributed by atoms with Crippen molar-refractivity contribution < 1.29 is 9.72 Å². The highest BCUT2D eigenvalue weighted by atomic mass is 35.5. The number of hydrogen-bond donors (Lipinski definition) is 0. The highest BCUT2D eigenvalue weighted by molar-refractivity contribution is 6.35. The van der Waals surface area contributed by atoms with E-state index in [4.69, 9.17) is 23.2 Å². The van der Waals surface area contributed by atoms with Crippen molar-refractivity contribution in [3.05, 3.63) is 73.2 Å². The molecule has 0 N–H and O–H groups in total. The van der Waals surface area contributed by atoms with Crippen LogP contribution in [0, 0.1) is 17.0 Å². The van der Waals surface area contributed by atoms with Gasteiger partial charge in [0.2, 0.25) is 0 Å². The fourth-order valence-corrected chi connectivity index (χ4v) is 3.76. The molecule has 2 aromatic rings. The third kappa shape index (κ3) is 4.24. The second-order valence-electron chi connectivity index (χ2n) is 6.48. The number of carbonyl (C=O) groups excluding carboxylic acids is 1. The van der Waals surface area contributed by atoms with Gasteiger partial charge in [-0.25, -0.2) is 0 Å². The molecule has 3 rings (SSSR count). The first-order valence-corrected chi connectivity index (χ1v) is 9.32. The van der Waals surface area contributed by atoms with E-state index in [0.717, 1.165) is 5.56 Å². The quantitative estimate of drug-likeness (QED) is 0.563. The van der Waals surface area contributed by atoms with Crippen LogP contribution in [0.4, 0.5) is 5.69 Å². The molecule has 1 fully saturated rings. The first-order chi connectivity index (χ1) is 12.9. The number of nitro benzene ring substituents is 1. The molecule has 0 aromatic heterocycles. The number of amides is 1. The summed E-state index contributed by atoms with van der Waals surface area (Å²) < 4.78 is 0. The fraction of sp³-hybridized carbons (Fsp3) is 0.316. The highest BCUT2D eigenvalue weighted by Gasteiger charge is 2.26. The Morgan fingerprint density at radius 3 is 2.26 bits per heavy atom. The molecular formula is C19H19Cl2N3O3. The first-order valence-electron chi connectivity index (χ1n) is 8.57. The summed E-state index contributed by atoms with van der Waals surface area (Å²) >= 11 is 12.5. The number of benzene rings is 2. The molecule has 1 saturated heterocycles. The predicted molar refractivity (Wildman–Crippen MR) is 105 cm³/mol. The number of nitrogens with zero attached hydrogens (tertiary/aromatic N) is 3. The number of halogens is 2. The molecule has 142 valence electrons. The van der Waals surface area contributed by atoms with Crippen molar-refractivity contribution in [2.75, 3.05) is 26.2 Å². The number of carbonyl (C=O) groups is 1. The van der Waals surface area contributed by atoms with E-state index in [9.17, 15) is 14.9 Å². The second-order valence-corrected chi connectivity index (χ2v) is 7.29. The van der Waals surface area contributed by atoms with Crippen LogP contribution in [0.15, 0.2) is 36.4 Å². The van der Waals surface area contributed by atoms with E-state index in [1.165, 1.54) is 6.07 Å². The zero-order chi connectivity index (χ0) is 19.6. The lowest BCUT2D eigenvalue weighted by Gasteiger charge is -2.35. The minimum atomic E-state index is -0.461. The number of piperazine rings is 1. The summed E-state index contributed by atoms with van der Waals surface area (Å²) in [6, 6.07) is 10.0. The second kappa shape index (κ2) is 8.25. The molecule has 1 aliphatic rings. The largest absolute Gasteiger partial charge is 0.336 e. The van der Waals surface area contributed by atoms with Crippen molar-refractivity contribution in [1.29, 1.82) is 0 Å². The van der Waals surface area contributed by atoms with Crippen molar-refractivity contribution in [2.45, 2.75) is 13.5 Å². The van der Waals surface area contributed by atoms with E-state index in [1.54, 1.807) is 24.0 Å². The van der Waals surface area contributed by atoms with Crippen LogP contribution in [0.25, 0.3) is 0 Å². The minimum Gasteiger partial charge on any atom is -0.336 e. The summed E-state index contributed by atoms with van der Waals surface area (Å²) in [4.78, 5) is 27.4. The third-order valence-corrected chi connectivity index (χ3v) is 5.54. The van der Waals surface area contributed by atoms with Gasteiger partial charge in [0, 0.05) is 65.5 Å². The number of rotatable bonds is 4. The molecular weight excluding hydrogens is 389 g/mol. The Labute approximate surface area is 167 Å². The Hall–Kier alpha value is -2.15. The number of nitro groups is 1. The van der Waals surface area contributed by atoms with Crippen LogP contribution >= 0.6 is 23.2 Å². The van der Waals surface area contributed by atoms with Gasteiger partial charge in [-0.2, -0.15) is 0 Å². The van der Waals surface area contributed by atoms with E-state index < -0.39 is 4.92 Å². The zero-order valence-electron chi connectivity index (χ0n) is 14.8. The Kier molecular flexibility index (Phi) is 5.99. The maximum atomic E-state index is 12.8. The smallest absolute Gasteiger partial charge is 0.273 e. The van der Waals surface area contributed by atoms with Gasteiger partial charge in [0.15, 0.2) is 0 Å². The Balaban J connectivity index is 1.67. The summed E-state index contributed by atoms with van der Waals surface area (Å²) in [5, 5.41) is 12.4. The fourth-order valence-electron chi connectivity index (χ4n) is 3.24. The molecule has 6 nitrogen and oxygen atoms in total. The average molecular weight is 408 g/mol.